The van der Waals surface area contributed by atoms with Crippen molar-refractivity contribution in [2.45, 2.75) is 19.9 Å². The predicted molar refractivity (Wildman–Crippen MR) is 74.0 cm³/mol. The van der Waals surface area contributed by atoms with E-state index in [1.165, 1.54) is 11.1 Å². The van der Waals surface area contributed by atoms with Crippen LogP contribution in [0.3, 0.4) is 0 Å². The third kappa shape index (κ3) is 2.80. The quantitative estimate of drug-likeness (QED) is 0.890. The maximum Gasteiger partial charge on any atom is 0.119 e. The number of rotatable bonds is 4. The van der Waals surface area contributed by atoms with E-state index in [0.29, 0.717) is 0 Å². The lowest BCUT2D eigenvalue weighted by molar-refractivity contribution is 0.414. The van der Waals surface area contributed by atoms with E-state index >= 15 is 0 Å². The van der Waals surface area contributed by atoms with Crippen molar-refractivity contribution in [1.82, 2.24) is 4.98 Å². The fourth-order valence-electron chi connectivity index (χ4n) is 1.84. The van der Waals surface area contributed by atoms with Gasteiger partial charge in [-0.25, -0.2) is 0 Å². The standard InChI is InChI=1S/C15H18N2O/c1-11-7-8-16-10-15(11)17-12(2)13-5-4-6-14(9-13)18-3/h4-10,12,17H,1-3H3. The molecule has 1 unspecified atom stereocenters. The number of methoxy groups -OCH3 is 1. The molecule has 2 aromatic rings. The Morgan fingerprint density at radius 1 is 1.28 bits per heavy atom. The Morgan fingerprint density at radius 2 is 2.11 bits per heavy atom. The van der Waals surface area contributed by atoms with Gasteiger partial charge in [0.1, 0.15) is 5.75 Å². The van der Waals surface area contributed by atoms with Crippen molar-refractivity contribution in [1.29, 1.82) is 0 Å². The van der Waals surface area contributed by atoms with Crippen molar-refractivity contribution >= 4 is 5.69 Å². The second-order valence-corrected chi connectivity index (χ2v) is 4.33. The van der Waals surface area contributed by atoms with Crippen LogP contribution in [0.2, 0.25) is 0 Å². The number of nitrogens with one attached hydrogen (secondary N) is 1. The first kappa shape index (κ1) is 12.4. The van der Waals surface area contributed by atoms with E-state index in [1.807, 2.05) is 30.5 Å². The maximum absolute atomic E-state index is 5.24. The van der Waals surface area contributed by atoms with Crippen LogP contribution in [0.25, 0.3) is 0 Å². The lowest BCUT2D eigenvalue weighted by atomic mass is 10.1. The first-order valence-corrected chi connectivity index (χ1v) is 6.02. The van der Waals surface area contributed by atoms with E-state index in [2.05, 4.69) is 30.2 Å². The zero-order valence-corrected chi connectivity index (χ0v) is 11.0. The van der Waals surface area contributed by atoms with Gasteiger partial charge in [0.2, 0.25) is 0 Å². The van der Waals surface area contributed by atoms with Gasteiger partial charge in [-0.15, -0.1) is 0 Å². The first-order chi connectivity index (χ1) is 8.70. The Balaban J connectivity index is 2.16. The third-order valence-electron chi connectivity index (χ3n) is 3.00. The number of pyridine rings is 1. The molecule has 0 bridgehead atoms. The van der Waals surface area contributed by atoms with Crippen molar-refractivity contribution in [3.8, 4) is 5.75 Å². The fraction of sp³-hybridized carbons (Fsp3) is 0.267. The zero-order valence-electron chi connectivity index (χ0n) is 11.0. The summed E-state index contributed by atoms with van der Waals surface area (Å²) in [5.74, 6) is 0.879. The molecular formula is C15H18N2O. The van der Waals surface area contributed by atoms with Crippen LogP contribution in [-0.2, 0) is 0 Å². The SMILES string of the molecule is COc1cccc(C(C)Nc2cnccc2C)c1. The summed E-state index contributed by atoms with van der Waals surface area (Å²) in [6.45, 7) is 4.20. The summed E-state index contributed by atoms with van der Waals surface area (Å²) in [7, 11) is 1.68. The maximum atomic E-state index is 5.24. The number of aryl methyl sites for hydroxylation is 1. The van der Waals surface area contributed by atoms with Crippen molar-refractivity contribution in [3.05, 3.63) is 53.9 Å². The number of benzene rings is 1. The van der Waals surface area contributed by atoms with Gasteiger partial charge in [0.15, 0.2) is 0 Å². The van der Waals surface area contributed by atoms with Gasteiger partial charge in [-0.3, -0.25) is 4.98 Å². The molecule has 1 N–H and O–H groups in total. The van der Waals surface area contributed by atoms with Crippen LogP contribution in [0.4, 0.5) is 5.69 Å². The molecule has 0 radical (unpaired) electrons. The second kappa shape index (κ2) is 5.54. The number of aromatic nitrogens is 1. The van der Waals surface area contributed by atoms with Crippen LogP contribution < -0.4 is 10.1 Å². The van der Waals surface area contributed by atoms with Gasteiger partial charge in [-0.1, -0.05) is 12.1 Å². The molecule has 0 aliphatic rings. The van der Waals surface area contributed by atoms with E-state index in [1.54, 1.807) is 13.3 Å². The molecule has 1 heterocycles. The summed E-state index contributed by atoms with van der Waals surface area (Å²) < 4.78 is 5.24. The first-order valence-electron chi connectivity index (χ1n) is 6.02. The molecule has 0 aliphatic carbocycles. The van der Waals surface area contributed by atoms with Crippen molar-refractivity contribution in [2.24, 2.45) is 0 Å². The van der Waals surface area contributed by atoms with Gasteiger partial charge < -0.3 is 10.1 Å². The van der Waals surface area contributed by atoms with Gasteiger partial charge in [0, 0.05) is 12.2 Å². The third-order valence-corrected chi connectivity index (χ3v) is 3.00. The van der Waals surface area contributed by atoms with Crippen LogP contribution in [0, 0.1) is 6.92 Å². The molecule has 3 heteroatoms. The van der Waals surface area contributed by atoms with Gasteiger partial charge in [0.25, 0.3) is 0 Å². The molecule has 0 saturated heterocycles. The Kier molecular flexibility index (Phi) is 3.82. The number of nitrogens with zero attached hydrogens (tertiary/aromatic N) is 1. The predicted octanol–water partition coefficient (Wildman–Crippen LogP) is 3.57. The highest BCUT2D eigenvalue weighted by atomic mass is 16.5. The summed E-state index contributed by atoms with van der Waals surface area (Å²) in [5.41, 5.74) is 3.45. The molecule has 94 valence electrons. The van der Waals surface area contributed by atoms with Gasteiger partial charge in [-0.2, -0.15) is 0 Å². The van der Waals surface area contributed by atoms with Crippen molar-refractivity contribution < 1.29 is 4.74 Å². The van der Waals surface area contributed by atoms with E-state index in [9.17, 15) is 0 Å². The van der Waals surface area contributed by atoms with E-state index in [0.717, 1.165) is 11.4 Å². The fourth-order valence-corrected chi connectivity index (χ4v) is 1.84. The molecule has 2 rings (SSSR count). The summed E-state index contributed by atoms with van der Waals surface area (Å²) in [6, 6.07) is 10.3. The smallest absolute Gasteiger partial charge is 0.119 e. The molecule has 0 saturated carbocycles. The van der Waals surface area contributed by atoms with E-state index < -0.39 is 0 Å². The Bertz CT molecular complexity index is 525. The Labute approximate surface area is 108 Å². The number of hydrogen-bond acceptors (Lipinski definition) is 3. The molecule has 0 spiro atoms. The Hall–Kier alpha value is -2.03. The van der Waals surface area contributed by atoms with E-state index in [-0.39, 0.29) is 6.04 Å². The summed E-state index contributed by atoms with van der Waals surface area (Å²) in [6.07, 6.45) is 3.66. The van der Waals surface area contributed by atoms with Gasteiger partial charge in [0.05, 0.1) is 19.0 Å². The number of hydrogen-bond donors (Lipinski definition) is 1. The number of anilines is 1. The molecule has 18 heavy (non-hydrogen) atoms. The van der Waals surface area contributed by atoms with Gasteiger partial charge >= 0.3 is 0 Å². The highest BCUT2D eigenvalue weighted by Crippen LogP contribution is 2.23. The molecule has 3 nitrogen and oxygen atoms in total. The van der Waals surface area contributed by atoms with Crippen molar-refractivity contribution in [3.63, 3.8) is 0 Å². The minimum absolute atomic E-state index is 0.211. The average molecular weight is 242 g/mol. The molecule has 0 amide bonds. The minimum Gasteiger partial charge on any atom is -0.497 e. The normalized spacial score (nSPS) is 11.9. The number of ether oxygens (including phenoxy) is 1. The average Bonchev–Trinajstić information content (AvgIpc) is 2.41. The van der Waals surface area contributed by atoms with Crippen molar-refractivity contribution in [2.75, 3.05) is 12.4 Å². The van der Waals surface area contributed by atoms with Crippen LogP contribution in [0.15, 0.2) is 42.7 Å². The minimum atomic E-state index is 0.211. The molecule has 0 aliphatic heterocycles. The van der Waals surface area contributed by atoms with Crippen LogP contribution >= 0.6 is 0 Å². The molecule has 1 aromatic carbocycles. The van der Waals surface area contributed by atoms with Crippen LogP contribution in [0.5, 0.6) is 5.75 Å². The second-order valence-electron chi connectivity index (χ2n) is 4.33. The lowest BCUT2D eigenvalue weighted by Gasteiger charge is -2.17. The topological polar surface area (TPSA) is 34.1 Å². The van der Waals surface area contributed by atoms with E-state index in [4.69, 9.17) is 4.74 Å². The largest absolute Gasteiger partial charge is 0.497 e. The highest BCUT2D eigenvalue weighted by molar-refractivity contribution is 5.50. The molecule has 1 atom stereocenters. The van der Waals surface area contributed by atoms with Gasteiger partial charge in [-0.05, 0) is 43.2 Å². The van der Waals surface area contributed by atoms with Crippen LogP contribution in [0.1, 0.15) is 24.1 Å². The lowest BCUT2D eigenvalue weighted by Crippen LogP contribution is -2.08. The summed E-state index contributed by atoms with van der Waals surface area (Å²) >= 11 is 0. The van der Waals surface area contributed by atoms with Crippen LogP contribution in [-0.4, -0.2) is 12.1 Å². The Morgan fingerprint density at radius 3 is 2.83 bits per heavy atom. The summed E-state index contributed by atoms with van der Waals surface area (Å²) in [4.78, 5) is 4.14. The zero-order chi connectivity index (χ0) is 13.0. The molecule has 0 fully saturated rings. The highest BCUT2D eigenvalue weighted by Gasteiger charge is 2.07. The molecular weight excluding hydrogens is 224 g/mol. The summed E-state index contributed by atoms with van der Waals surface area (Å²) in [5, 5.41) is 3.46. The molecule has 1 aromatic heterocycles. The monoisotopic (exact) mass is 242 g/mol.